The Balaban J connectivity index is 2.90. The minimum absolute atomic E-state index is 0.0511. The summed E-state index contributed by atoms with van der Waals surface area (Å²) in [5, 5.41) is 8.45. The molecule has 0 spiro atoms. The number of hydrogen-bond donors (Lipinski definition) is 0. The summed E-state index contributed by atoms with van der Waals surface area (Å²) < 4.78 is 5.01. The van der Waals surface area contributed by atoms with Crippen LogP contribution in [0.4, 0.5) is 0 Å². The summed E-state index contributed by atoms with van der Waals surface area (Å²) in [6.07, 6.45) is 5.81. The molecule has 0 radical (unpaired) electrons. The molecule has 1 unspecified atom stereocenters. The average Bonchev–Trinajstić information content (AvgIpc) is 2.32. The van der Waals surface area contributed by atoms with Gasteiger partial charge in [0.25, 0.3) is 0 Å². The zero-order chi connectivity index (χ0) is 12.7. The van der Waals surface area contributed by atoms with Crippen molar-refractivity contribution >= 4 is 11.8 Å². The van der Waals surface area contributed by atoms with Crippen LogP contribution in [0.2, 0.25) is 0 Å². The predicted octanol–water partition coefficient (Wildman–Crippen LogP) is 2.15. The average molecular weight is 235 g/mol. The molecule has 0 saturated heterocycles. The van der Waals surface area contributed by atoms with Gasteiger partial charge < -0.3 is 4.74 Å². The van der Waals surface area contributed by atoms with Gasteiger partial charge >= 0.3 is 5.97 Å². The Kier molecular flexibility index (Phi) is 4.89. The topological polar surface area (TPSA) is 67.2 Å². The normalized spacial score (nSPS) is 24.6. The van der Waals surface area contributed by atoms with E-state index in [0.29, 0.717) is 12.8 Å². The summed E-state index contributed by atoms with van der Waals surface area (Å²) in [5.74, 6) is -0.489. The first-order valence-electron chi connectivity index (χ1n) is 5.92. The van der Waals surface area contributed by atoms with Crippen LogP contribution in [0.3, 0.4) is 0 Å². The summed E-state index contributed by atoms with van der Waals surface area (Å²) in [5.41, 5.74) is -1.04. The quantitative estimate of drug-likeness (QED) is 0.425. The second-order valence-corrected chi connectivity index (χ2v) is 4.17. The fraction of sp³-hybridized carbons (Fsp3) is 0.615. The number of ketones is 1. The van der Waals surface area contributed by atoms with Crippen LogP contribution in [-0.2, 0) is 14.3 Å². The smallest absolute Gasteiger partial charge is 0.319 e. The Morgan fingerprint density at radius 3 is 2.94 bits per heavy atom. The van der Waals surface area contributed by atoms with Gasteiger partial charge in [0.05, 0.1) is 12.7 Å². The van der Waals surface area contributed by atoms with Crippen LogP contribution in [-0.4, -0.2) is 18.4 Å². The summed E-state index contributed by atoms with van der Waals surface area (Å²) >= 11 is 0. The number of allylic oxidation sites excluding steroid dienone is 2. The molecule has 0 aromatic carbocycles. The Morgan fingerprint density at radius 2 is 2.35 bits per heavy atom. The Labute approximate surface area is 101 Å². The molecule has 1 aliphatic rings. The highest BCUT2D eigenvalue weighted by Gasteiger charge is 2.46. The van der Waals surface area contributed by atoms with E-state index in [2.05, 4.69) is 0 Å². The van der Waals surface area contributed by atoms with E-state index >= 15 is 0 Å². The molecule has 1 saturated carbocycles. The molecule has 1 atom stereocenters. The Morgan fingerprint density at radius 1 is 1.59 bits per heavy atom. The lowest BCUT2D eigenvalue weighted by Crippen LogP contribution is -2.42. The molecule has 0 aromatic heterocycles. The van der Waals surface area contributed by atoms with Gasteiger partial charge in [0.1, 0.15) is 5.41 Å². The van der Waals surface area contributed by atoms with Crippen molar-refractivity contribution in [1.82, 2.24) is 0 Å². The van der Waals surface area contributed by atoms with E-state index in [1.165, 1.54) is 6.08 Å². The number of carbonyl (C=O) groups is 2. The van der Waals surface area contributed by atoms with Crippen molar-refractivity contribution in [3.05, 3.63) is 12.2 Å². The SMILES string of the molecule is CCOC(=O)C1(C/C=C\C#N)CCCCC1=O. The zero-order valence-corrected chi connectivity index (χ0v) is 10.1. The van der Waals surface area contributed by atoms with Gasteiger partial charge in [-0.3, -0.25) is 9.59 Å². The summed E-state index contributed by atoms with van der Waals surface area (Å²) in [4.78, 5) is 24.0. The molecule has 0 aromatic rings. The van der Waals surface area contributed by atoms with Gasteiger partial charge in [-0.2, -0.15) is 5.26 Å². The number of ether oxygens (including phenoxy) is 1. The lowest BCUT2D eigenvalue weighted by atomic mass is 9.70. The van der Waals surface area contributed by atoms with E-state index in [0.717, 1.165) is 12.8 Å². The van der Waals surface area contributed by atoms with Crippen LogP contribution in [0.15, 0.2) is 12.2 Å². The second-order valence-electron chi connectivity index (χ2n) is 4.17. The summed E-state index contributed by atoms with van der Waals surface area (Å²) in [7, 11) is 0. The predicted molar refractivity (Wildman–Crippen MR) is 61.9 cm³/mol. The molecular weight excluding hydrogens is 218 g/mol. The van der Waals surface area contributed by atoms with Crippen molar-refractivity contribution in [3.8, 4) is 6.07 Å². The summed E-state index contributed by atoms with van der Waals surface area (Å²) in [6.45, 7) is 2.00. The van der Waals surface area contributed by atoms with E-state index in [9.17, 15) is 9.59 Å². The summed E-state index contributed by atoms with van der Waals surface area (Å²) in [6, 6.07) is 1.87. The maximum absolute atomic E-state index is 12.0. The number of hydrogen-bond acceptors (Lipinski definition) is 4. The largest absolute Gasteiger partial charge is 0.465 e. The fourth-order valence-corrected chi connectivity index (χ4v) is 2.19. The maximum Gasteiger partial charge on any atom is 0.319 e. The van der Waals surface area contributed by atoms with Gasteiger partial charge in [0.15, 0.2) is 5.78 Å². The third-order valence-corrected chi connectivity index (χ3v) is 3.12. The number of esters is 1. The number of Topliss-reactive ketones (excluding diaryl/α,β-unsaturated/α-hetero) is 1. The monoisotopic (exact) mass is 235 g/mol. The van der Waals surface area contributed by atoms with Gasteiger partial charge in [0, 0.05) is 12.5 Å². The molecule has 17 heavy (non-hydrogen) atoms. The Hall–Kier alpha value is -1.63. The lowest BCUT2D eigenvalue weighted by Gasteiger charge is -2.32. The van der Waals surface area contributed by atoms with E-state index in [1.54, 1.807) is 13.0 Å². The molecule has 0 N–H and O–H groups in total. The van der Waals surface area contributed by atoms with Crippen LogP contribution in [0.1, 0.15) is 39.0 Å². The van der Waals surface area contributed by atoms with Crippen molar-refractivity contribution in [3.63, 3.8) is 0 Å². The molecule has 1 aliphatic carbocycles. The third kappa shape index (κ3) is 2.94. The minimum Gasteiger partial charge on any atom is -0.465 e. The molecule has 0 heterocycles. The highest BCUT2D eigenvalue weighted by atomic mass is 16.5. The number of rotatable bonds is 4. The van der Waals surface area contributed by atoms with Crippen molar-refractivity contribution in [2.24, 2.45) is 5.41 Å². The molecule has 1 rings (SSSR count). The Bertz CT molecular complexity index is 367. The molecule has 92 valence electrons. The second kappa shape index (κ2) is 6.19. The highest BCUT2D eigenvalue weighted by molar-refractivity contribution is 6.04. The molecule has 1 fully saturated rings. The molecular formula is C13H17NO3. The standard InChI is InChI=1S/C13H17NO3/c1-2-17-12(16)13(9-5-6-10-14)8-4-3-7-11(13)15/h5-6H,2-4,7-9H2,1H3/b6-5-. The first-order valence-corrected chi connectivity index (χ1v) is 5.92. The first kappa shape index (κ1) is 13.4. The number of nitriles is 1. The maximum atomic E-state index is 12.0. The van der Waals surface area contributed by atoms with Gasteiger partial charge in [-0.15, -0.1) is 0 Å². The van der Waals surface area contributed by atoms with Crippen LogP contribution in [0.5, 0.6) is 0 Å². The van der Waals surface area contributed by atoms with Crippen molar-refractivity contribution < 1.29 is 14.3 Å². The fourth-order valence-electron chi connectivity index (χ4n) is 2.19. The molecule has 0 bridgehead atoms. The van der Waals surface area contributed by atoms with Crippen molar-refractivity contribution in [1.29, 1.82) is 5.26 Å². The highest BCUT2D eigenvalue weighted by Crippen LogP contribution is 2.38. The van der Waals surface area contributed by atoms with E-state index in [-0.39, 0.29) is 18.8 Å². The molecule has 4 nitrogen and oxygen atoms in total. The van der Waals surface area contributed by atoms with E-state index < -0.39 is 11.4 Å². The van der Waals surface area contributed by atoms with Gasteiger partial charge in [-0.1, -0.05) is 12.5 Å². The number of nitrogens with zero attached hydrogens (tertiary/aromatic N) is 1. The number of carbonyl (C=O) groups excluding carboxylic acids is 2. The van der Waals surface area contributed by atoms with E-state index in [4.69, 9.17) is 10.00 Å². The minimum atomic E-state index is -1.04. The van der Waals surface area contributed by atoms with Gasteiger partial charge in [-0.25, -0.2) is 0 Å². The molecule has 0 amide bonds. The third-order valence-electron chi connectivity index (χ3n) is 3.12. The molecule has 0 aliphatic heterocycles. The van der Waals surface area contributed by atoms with E-state index in [1.807, 2.05) is 6.07 Å². The van der Waals surface area contributed by atoms with Crippen molar-refractivity contribution in [2.75, 3.05) is 6.61 Å². The lowest BCUT2D eigenvalue weighted by molar-refractivity contribution is -0.162. The van der Waals surface area contributed by atoms with Crippen LogP contribution in [0, 0.1) is 16.7 Å². The van der Waals surface area contributed by atoms with Crippen LogP contribution >= 0.6 is 0 Å². The molecule has 4 heteroatoms. The zero-order valence-electron chi connectivity index (χ0n) is 10.1. The first-order chi connectivity index (χ1) is 8.17. The van der Waals surface area contributed by atoms with Crippen LogP contribution < -0.4 is 0 Å². The van der Waals surface area contributed by atoms with Crippen molar-refractivity contribution in [2.45, 2.75) is 39.0 Å². The van der Waals surface area contributed by atoms with Crippen LogP contribution in [0.25, 0.3) is 0 Å². The van der Waals surface area contributed by atoms with Gasteiger partial charge in [-0.05, 0) is 26.2 Å². The van der Waals surface area contributed by atoms with Gasteiger partial charge in [0.2, 0.25) is 0 Å².